The summed E-state index contributed by atoms with van der Waals surface area (Å²) in [5.41, 5.74) is 13.5. The Morgan fingerprint density at radius 3 is 2.47 bits per heavy atom. The summed E-state index contributed by atoms with van der Waals surface area (Å²) in [7, 11) is 0. The van der Waals surface area contributed by atoms with Crippen molar-refractivity contribution in [2.24, 2.45) is 0 Å². The van der Waals surface area contributed by atoms with Crippen LogP contribution < -0.4 is 16.2 Å². The van der Waals surface area contributed by atoms with Crippen molar-refractivity contribution in [1.29, 1.82) is 0 Å². The molecule has 0 aliphatic rings. The van der Waals surface area contributed by atoms with Gasteiger partial charge in [0.15, 0.2) is 0 Å². The topological polar surface area (TPSA) is 74.2 Å². The minimum absolute atomic E-state index is 0.476. The fraction of sp³-hybridized carbons (Fsp3) is 0. The molecule has 0 bridgehead atoms. The van der Waals surface area contributed by atoms with Crippen molar-refractivity contribution in [3.05, 3.63) is 54.7 Å². The highest BCUT2D eigenvalue weighted by molar-refractivity contribution is 5.96. The van der Waals surface area contributed by atoms with Gasteiger partial charge in [0.2, 0.25) is 0 Å². The number of hydrogen-bond donors (Lipinski definition) is 2. The van der Waals surface area contributed by atoms with Gasteiger partial charge < -0.3 is 16.2 Å². The van der Waals surface area contributed by atoms with Crippen molar-refractivity contribution in [2.75, 3.05) is 11.5 Å². The van der Waals surface area contributed by atoms with Crippen LogP contribution in [0.15, 0.2) is 54.7 Å². The molecule has 0 fully saturated rings. The minimum atomic E-state index is 0.476. The second-order valence-corrected chi connectivity index (χ2v) is 4.22. The number of fused-ring (bicyclic) bond motifs is 1. The molecule has 0 amide bonds. The molecule has 0 atom stereocenters. The van der Waals surface area contributed by atoms with Crippen molar-refractivity contribution in [2.45, 2.75) is 0 Å². The van der Waals surface area contributed by atoms with Crippen LogP contribution in [0.3, 0.4) is 0 Å². The van der Waals surface area contributed by atoms with Gasteiger partial charge in [0.1, 0.15) is 11.5 Å². The summed E-state index contributed by atoms with van der Waals surface area (Å²) in [6.45, 7) is 0. The second-order valence-electron chi connectivity index (χ2n) is 4.22. The van der Waals surface area contributed by atoms with Gasteiger partial charge in [0.05, 0.1) is 23.1 Å². The molecular formula is C15H13N3O. The van der Waals surface area contributed by atoms with E-state index in [1.165, 1.54) is 0 Å². The largest absolute Gasteiger partial charge is 0.457 e. The third-order valence-corrected chi connectivity index (χ3v) is 2.89. The van der Waals surface area contributed by atoms with E-state index in [2.05, 4.69) is 4.98 Å². The van der Waals surface area contributed by atoms with E-state index in [0.717, 1.165) is 16.7 Å². The highest BCUT2D eigenvalue weighted by Crippen LogP contribution is 2.30. The lowest BCUT2D eigenvalue weighted by Gasteiger charge is -2.08. The fourth-order valence-corrected chi connectivity index (χ4v) is 1.90. The van der Waals surface area contributed by atoms with Gasteiger partial charge in [-0.2, -0.15) is 0 Å². The Hall–Kier alpha value is -2.75. The first-order chi connectivity index (χ1) is 9.24. The Morgan fingerprint density at radius 2 is 1.68 bits per heavy atom. The average molecular weight is 251 g/mol. The van der Waals surface area contributed by atoms with Gasteiger partial charge in [-0.1, -0.05) is 18.2 Å². The fourth-order valence-electron chi connectivity index (χ4n) is 1.90. The van der Waals surface area contributed by atoms with E-state index in [1.807, 2.05) is 48.5 Å². The minimum Gasteiger partial charge on any atom is -0.457 e. The monoisotopic (exact) mass is 251 g/mol. The number of nitrogens with two attached hydrogens (primary N) is 2. The SMILES string of the molecule is Nc1cnc2ccc(Oc3ccccc3)cc2c1N. The maximum atomic E-state index is 5.96. The molecule has 0 spiro atoms. The molecule has 0 saturated heterocycles. The number of para-hydroxylation sites is 1. The summed E-state index contributed by atoms with van der Waals surface area (Å²) in [6.07, 6.45) is 1.56. The predicted octanol–water partition coefficient (Wildman–Crippen LogP) is 3.19. The molecule has 3 rings (SSSR count). The van der Waals surface area contributed by atoms with Crippen LogP contribution in [0.4, 0.5) is 11.4 Å². The van der Waals surface area contributed by atoms with E-state index in [-0.39, 0.29) is 0 Å². The van der Waals surface area contributed by atoms with E-state index in [1.54, 1.807) is 6.20 Å². The molecule has 4 nitrogen and oxygen atoms in total. The molecule has 19 heavy (non-hydrogen) atoms. The Balaban J connectivity index is 2.04. The van der Waals surface area contributed by atoms with Gasteiger partial charge >= 0.3 is 0 Å². The molecule has 1 heterocycles. The summed E-state index contributed by atoms with van der Waals surface area (Å²) in [4.78, 5) is 4.23. The van der Waals surface area contributed by atoms with Crippen LogP contribution in [0.1, 0.15) is 0 Å². The van der Waals surface area contributed by atoms with Crippen LogP contribution in [-0.2, 0) is 0 Å². The zero-order valence-electron chi connectivity index (χ0n) is 10.2. The Labute approximate surface area is 110 Å². The first-order valence-corrected chi connectivity index (χ1v) is 5.90. The predicted molar refractivity (Wildman–Crippen MR) is 77.1 cm³/mol. The number of aromatic nitrogens is 1. The van der Waals surface area contributed by atoms with Crippen molar-refractivity contribution < 1.29 is 4.74 Å². The van der Waals surface area contributed by atoms with Gasteiger partial charge in [-0.15, -0.1) is 0 Å². The number of nitrogens with zero attached hydrogens (tertiary/aromatic N) is 1. The lowest BCUT2D eigenvalue weighted by molar-refractivity contribution is 0.483. The standard InChI is InChI=1S/C15H13N3O/c16-13-9-18-14-7-6-11(8-12(14)15(13)17)19-10-4-2-1-3-5-10/h1-9H,16H2,(H2,17,18). The van der Waals surface area contributed by atoms with E-state index >= 15 is 0 Å². The van der Waals surface area contributed by atoms with Crippen LogP contribution in [0.25, 0.3) is 10.9 Å². The van der Waals surface area contributed by atoms with Gasteiger partial charge in [0.25, 0.3) is 0 Å². The number of anilines is 2. The number of pyridine rings is 1. The lowest BCUT2D eigenvalue weighted by Crippen LogP contribution is -1.97. The number of hydrogen-bond acceptors (Lipinski definition) is 4. The van der Waals surface area contributed by atoms with Crippen LogP contribution in [0.2, 0.25) is 0 Å². The third-order valence-electron chi connectivity index (χ3n) is 2.89. The van der Waals surface area contributed by atoms with E-state index in [9.17, 15) is 0 Å². The number of nitrogen functional groups attached to an aromatic ring is 2. The highest BCUT2D eigenvalue weighted by atomic mass is 16.5. The molecule has 0 aliphatic carbocycles. The number of benzene rings is 2. The first-order valence-electron chi connectivity index (χ1n) is 5.90. The summed E-state index contributed by atoms with van der Waals surface area (Å²) in [6, 6.07) is 15.1. The van der Waals surface area contributed by atoms with Gasteiger partial charge in [-0.3, -0.25) is 4.98 Å². The van der Waals surface area contributed by atoms with Crippen molar-refractivity contribution in [3.8, 4) is 11.5 Å². The molecule has 94 valence electrons. The molecule has 4 heteroatoms. The Morgan fingerprint density at radius 1 is 0.895 bits per heavy atom. The van der Waals surface area contributed by atoms with Crippen molar-refractivity contribution >= 4 is 22.3 Å². The summed E-state index contributed by atoms with van der Waals surface area (Å²) >= 11 is 0. The molecule has 3 aromatic rings. The maximum absolute atomic E-state index is 5.96. The smallest absolute Gasteiger partial charge is 0.128 e. The Bertz CT molecular complexity index is 726. The first kappa shape index (κ1) is 11.3. The molecule has 0 aliphatic heterocycles. The lowest BCUT2D eigenvalue weighted by atomic mass is 10.1. The quantitative estimate of drug-likeness (QED) is 0.733. The van der Waals surface area contributed by atoms with E-state index < -0.39 is 0 Å². The van der Waals surface area contributed by atoms with Crippen LogP contribution in [0, 0.1) is 0 Å². The summed E-state index contributed by atoms with van der Waals surface area (Å²) < 4.78 is 5.76. The van der Waals surface area contributed by atoms with E-state index in [4.69, 9.17) is 16.2 Å². The normalized spacial score (nSPS) is 10.5. The molecule has 0 radical (unpaired) electrons. The molecule has 1 aromatic heterocycles. The highest BCUT2D eigenvalue weighted by Gasteiger charge is 2.05. The Kier molecular flexibility index (Phi) is 2.68. The number of rotatable bonds is 2. The molecule has 0 saturated carbocycles. The maximum Gasteiger partial charge on any atom is 0.128 e. The van der Waals surface area contributed by atoms with Crippen LogP contribution >= 0.6 is 0 Å². The zero-order chi connectivity index (χ0) is 13.2. The van der Waals surface area contributed by atoms with Crippen molar-refractivity contribution in [3.63, 3.8) is 0 Å². The average Bonchev–Trinajstić information content (AvgIpc) is 2.45. The van der Waals surface area contributed by atoms with E-state index in [0.29, 0.717) is 17.1 Å². The molecule has 0 unspecified atom stereocenters. The van der Waals surface area contributed by atoms with Gasteiger partial charge in [-0.25, -0.2) is 0 Å². The van der Waals surface area contributed by atoms with Crippen LogP contribution in [-0.4, -0.2) is 4.98 Å². The molecule has 4 N–H and O–H groups in total. The molecular weight excluding hydrogens is 238 g/mol. The second kappa shape index (κ2) is 4.49. The van der Waals surface area contributed by atoms with Crippen LogP contribution in [0.5, 0.6) is 11.5 Å². The number of ether oxygens (including phenoxy) is 1. The summed E-state index contributed by atoms with van der Waals surface area (Å²) in [5.74, 6) is 1.48. The zero-order valence-corrected chi connectivity index (χ0v) is 10.2. The van der Waals surface area contributed by atoms with Crippen molar-refractivity contribution in [1.82, 2.24) is 4.98 Å². The molecule has 2 aromatic carbocycles. The third kappa shape index (κ3) is 2.15. The van der Waals surface area contributed by atoms with Gasteiger partial charge in [0, 0.05) is 5.39 Å². The summed E-state index contributed by atoms with van der Waals surface area (Å²) in [5, 5.41) is 0.799. The van der Waals surface area contributed by atoms with Gasteiger partial charge in [-0.05, 0) is 30.3 Å².